The maximum absolute atomic E-state index is 14.1. The molecule has 1 atom stereocenters. The highest BCUT2D eigenvalue weighted by Gasteiger charge is 2.22. The number of hydrogen-bond donors (Lipinski definition) is 1. The molecule has 1 amide bonds. The Bertz CT molecular complexity index is 595. The lowest BCUT2D eigenvalue weighted by Crippen LogP contribution is -2.20. The number of esters is 1. The third kappa shape index (κ3) is 6.09. The molecule has 4 nitrogen and oxygen atoms in total. The molecule has 1 aromatic rings. The van der Waals surface area contributed by atoms with Gasteiger partial charge in [-0.25, -0.2) is 4.39 Å². The summed E-state index contributed by atoms with van der Waals surface area (Å²) < 4.78 is 19.7. The van der Waals surface area contributed by atoms with Gasteiger partial charge in [0.25, 0.3) is 0 Å². The van der Waals surface area contributed by atoms with Crippen LogP contribution in [0.4, 0.5) is 10.1 Å². The number of hydrogen-bond acceptors (Lipinski definition) is 4. The van der Waals surface area contributed by atoms with Crippen LogP contribution in [0.1, 0.15) is 40.5 Å². The molecule has 0 bridgehead atoms. The Morgan fingerprint density at radius 3 is 2.54 bits per heavy atom. The summed E-state index contributed by atoms with van der Waals surface area (Å²) in [5, 5.41) is 2.20. The van der Waals surface area contributed by atoms with Crippen LogP contribution in [-0.2, 0) is 14.3 Å². The van der Waals surface area contributed by atoms with Gasteiger partial charge in [-0.2, -0.15) is 0 Å². The number of nitrogens with one attached hydrogen (secondary N) is 1. The molecular weight excluding hydrogens is 397 g/mol. The quantitative estimate of drug-likeness (QED) is 0.475. The highest BCUT2D eigenvalue weighted by Crippen LogP contribution is 2.36. The standard InChI is InChI=1S/C17H23BrFNO3S/c1-5-7-14(17(22)23-6-2)24-15-9-13(12(19)8-11(15)18)20-16(21)10(3)4/h8-10,14H,5-7H2,1-4H3,(H,20,21). The number of carbonyl (C=O) groups excluding carboxylic acids is 2. The molecule has 134 valence electrons. The van der Waals surface area contributed by atoms with Crippen molar-refractivity contribution in [3.63, 3.8) is 0 Å². The van der Waals surface area contributed by atoms with Gasteiger partial charge in [0.05, 0.1) is 12.3 Å². The summed E-state index contributed by atoms with van der Waals surface area (Å²) in [7, 11) is 0. The molecule has 0 aliphatic heterocycles. The molecule has 0 spiro atoms. The van der Waals surface area contributed by atoms with Gasteiger partial charge < -0.3 is 10.1 Å². The number of rotatable bonds is 8. The van der Waals surface area contributed by atoms with Crippen molar-refractivity contribution in [1.29, 1.82) is 0 Å². The third-order valence-electron chi connectivity index (χ3n) is 3.17. The summed E-state index contributed by atoms with van der Waals surface area (Å²) in [6, 6.07) is 2.85. The number of carbonyl (C=O) groups is 2. The monoisotopic (exact) mass is 419 g/mol. The van der Waals surface area contributed by atoms with Crippen LogP contribution in [0.25, 0.3) is 0 Å². The third-order valence-corrected chi connectivity index (χ3v) is 5.40. The first-order valence-electron chi connectivity index (χ1n) is 7.93. The van der Waals surface area contributed by atoms with E-state index in [1.54, 1.807) is 26.8 Å². The van der Waals surface area contributed by atoms with Gasteiger partial charge in [-0.15, -0.1) is 11.8 Å². The van der Waals surface area contributed by atoms with E-state index >= 15 is 0 Å². The van der Waals surface area contributed by atoms with Gasteiger partial charge in [-0.3, -0.25) is 9.59 Å². The lowest BCUT2D eigenvalue weighted by atomic mass is 10.2. The van der Waals surface area contributed by atoms with E-state index in [0.29, 0.717) is 22.4 Å². The van der Waals surface area contributed by atoms with Crippen molar-refractivity contribution in [2.24, 2.45) is 5.92 Å². The van der Waals surface area contributed by atoms with Crippen LogP contribution in [-0.4, -0.2) is 23.7 Å². The van der Waals surface area contributed by atoms with E-state index in [2.05, 4.69) is 21.2 Å². The second-order valence-electron chi connectivity index (χ2n) is 5.55. The average molecular weight is 420 g/mol. The second-order valence-corrected chi connectivity index (χ2v) is 7.65. The van der Waals surface area contributed by atoms with Crippen LogP contribution in [0.5, 0.6) is 0 Å². The Balaban J connectivity index is 3.04. The zero-order chi connectivity index (χ0) is 18.3. The number of ether oxygens (including phenoxy) is 1. The first kappa shape index (κ1) is 21.0. The van der Waals surface area contributed by atoms with E-state index in [1.165, 1.54) is 17.8 Å². The molecule has 0 saturated carbocycles. The summed E-state index contributed by atoms with van der Waals surface area (Å²) in [5.41, 5.74) is 0.110. The molecule has 1 unspecified atom stereocenters. The highest BCUT2D eigenvalue weighted by atomic mass is 79.9. The number of anilines is 1. The van der Waals surface area contributed by atoms with Crippen LogP contribution >= 0.6 is 27.7 Å². The predicted molar refractivity (Wildman–Crippen MR) is 98.8 cm³/mol. The van der Waals surface area contributed by atoms with Gasteiger partial charge in [0.15, 0.2) is 0 Å². The number of halogens is 2. The smallest absolute Gasteiger partial charge is 0.319 e. The largest absolute Gasteiger partial charge is 0.465 e. The Hall–Kier alpha value is -1.08. The van der Waals surface area contributed by atoms with Crippen LogP contribution < -0.4 is 5.32 Å². The molecule has 24 heavy (non-hydrogen) atoms. The van der Waals surface area contributed by atoms with Gasteiger partial charge in [0.2, 0.25) is 5.91 Å². The van der Waals surface area contributed by atoms with Crippen LogP contribution in [0.3, 0.4) is 0 Å². The average Bonchev–Trinajstić information content (AvgIpc) is 2.51. The van der Waals surface area contributed by atoms with Crippen molar-refractivity contribution in [2.75, 3.05) is 11.9 Å². The summed E-state index contributed by atoms with van der Waals surface area (Å²) in [6.07, 6.45) is 1.48. The zero-order valence-corrected chi connectivity index (χ0v) is 16.7. The Kier molecular flexibility index (Phi) is 8.76. The normalized spacial score (nSPS) is 12.1. The number of benzene rings is 1. The molecule has 7 heteroatoms. The highest BCUT2D eigenvalue weighted by molar-refractivity contribution is 9.10. The van der Waals surface area contributed by atoms with Crippen molar-refractivity contribution in [3.8, 4) is 0 Å². The van der Waals surface area contributed by atoms with Crippen molar-refractivity contribution >= 4 is 45.3 Å². The number of amides is 1. The molecule has 1 N–H and O–H groups in total. The van der Waals surface area contributed by atoms with Crippen molar-refractivity contribution < 1.29 is 18.7 Å². The predicted octanol–water partition coefficient (Wildman–Crippen LogP) is 5.01. The molecule has 0 fully saturated rings. The molecule has 0 aromatic heterocycles. The summed E-state index contributed by atoms with van der Waals surface area (Å²) in [6.45, 7) is 7.54. The molecule has 1 aromatic carbocycles. The SMILES string of the molecule is CCCC(Sc1cc(NC(=O)C(C)C)c(F)cc1Br)C(=O)OCC. The van der Waals surface area contributed by atoms with E-state index in [4.69, 9.17) is 4.74 Å². The van der Waals surface area contributed by atoms with Crippen molar-refractivity contribution in [1.82, 2.24) is 0 Å². The topological polar surface area (TPSA) is 55.4 Å². The molecule has 0 heterocycles. The lowest BCUT2D eigenvalue weighted by molar-refractivity contribution is -0.142. The second kappa shape index (κ2) is 10.0. The first-order valence-corrected chi connectivity index (χ1v) is 9.60. The van der Waals surface area contributed by atoms with Gasteiger partial charge in [-0.05, 0) is 41.4 Å². The first-order chi connectivity index (χ1) is 11.3. The fourth-order valence-corrected chi connectivity index (χ4v) is 3.65. The van der Waals surface area contributed by atoms with E-state index in [0.717, 1.165) is 6.42 Å². The van der Waals surface area contributed by atoms with Crippen molar-refractivity contribution in [3.05, 3.63) is 22.4 Å². The molecular formula is C17H23BrFNO3S. The van der Waals surface area contributed by atoms with Crippen LogP contribution in [0.15, 0.2) is 21.5 Å². The Labute approximate surface area is 155 Å². The fraction of sp³-hybridized carbons (Fsp3) is 0.529. The molecule has 0 saturated heterocycles. The van der Waals surface area contributed by atoms with Gasteiger partial charge >= 0.3 is 5.97 Å². The van der Waals surface area contributed by atoms with E-state index in [9.17, 15) is 14.0 Å². The maximum atomic E-state index is 14.1. The molecule has 0 radical (unpaired) electrons. The maximum Gasteiger partial charge on any atom is 0.319 e. The Morgan fingerprint density at radius 2 is 2.00 bits per heavy atom. The van der Waals surface area contributed by atoms with E-state index < -0.39 is 5.82 Å². The fourth-order valence-electron chi connectivity index (χ4n) is 1.87. The molecule has 0 aliphatic carbocycles. The van der Waals surface area contributed by atoms with Gasteiger partial charge in [-0.1, -0.05) is 27.2 Å². The molecule has 0 aliphatic rings. The summed E-state index contributed by atoms with van der Waals surface area (Å²) in [5.74, 6) is -1.32. The summed E-state index contributed by atoms with van der Waals surface area (Å²) in [4.78, 5) is 24.6. The number of thioether (sulfide) groups is 1. The van der Waals surface area contributed by atoms with Crippen LogP contribution in [0, 0.1) is 11.7 Å². The Morgan fingerprint density at radius 1 is 1.33 bits per heavy atom. The van der Waals surface area contributed by atoms with Crippen LogP contribution in [0.2, 0.25) is 0 Å². The van der Waals surface area contributed by atoms with Crippen molar-refractivity contribution in [2.45, 2.75) is 50.7 Å². The minimum atomic E-state index is -0.525. The minimum absolute atomic E-state index is 0.110. The lowest BCUT2D eigenvalue weighted by Gasteiger charge is -2.17. The van der Waals surface area contributed by atoms with E-state index in [-0.39, 0.29) is 28.7 Å². The zero-order valence-electron chi connectivity index (χ0n) is 14.3. The van der Waals surface area contributed by atoms with Gasteiger partial charge in [0, 0.05) is 15.3 Å². The summed E-state index contributed by atoms with van der Waals surface area (Å²) >= 11 is 4.63. The molecule has 1 rings (SSSR count). The van der Waals surface area contributed by atoms with E-state index in [1.807, 2.05) is 6.92 Å². The minimum Gasteiger partial charge on any atom is -0.465 e. The van der Waals surface area contributed by atoms with Gasteiger partial charge in [0.1, 0.15) is 11.1 Å².